The highest BCUT2D eigenvalue weighted by molar-refractivity contribution is 6.36. The van der Waals surface area contributed by atoms with Crippen LogP contribution in [0.4, 0.5) is 0 Å². The minimum atomic E-state index is 0.264. The number of hydrogen-bond acceptors (Lipinski definition) is 4. The molecule has 0 radical (unpaired) electrons. The van der Waals surface area contributed by atoms with Gasteiger partial charge in [0.15, 0.2) is 0 Å². The zero-order valence-corrected chi connectivity index (χ0v) is 12.8. The molecule has 0 N–H and O–H groups in total. The maximum absolute atomic E-state index is 4.76. The molecular weight excluding hydrogens is 272 g/mol. The van der Waals surface area contributed by atoms with Crippen LogP contribution in [0.15, 0.2) is 51.5 Å². The molecule has 22 heavy (non-hydrogen) atoms. The largest absolute Gasteiger partial charge is 0.285 e. The Morgan fingerprint density at radius 2 is 1.86 bits per heavy atom. The summed E-state index contributed by atoms with van der Waals surface area (Å²) < 4.78 is 0. The molecule has 4 heteroatoms. The van der Waals surface area contributed by atoms with Crippen LogP contribution in [0.25, 0.3) is 0 Å². The number of hydrogen-bond donors (Lipinski definition) is 0. The van der Waals surface area contributed by atoms with Crippen molar-refractivity contribution in [3.8, 4) is 0 Å². The van der Waals surface area contributed by atoms with Crippen LogP contribution < -0.4 is 0 Å². The second-order valence-electron chi connectivity index (χ2n) is 5.73. The van der Waals surface area contributed by atoms with Crippen LogP contribution in [0.3, 0.4) is 0 Å². The van der Waals surface area contributed by atoms with E-state index in [0.29, 0.717) is 0 Å². The zero-order valence-electron chi connectivity index (χ0n) is 12.8. The second-order valence-corrected chi connectivity index (χ2v) is 5.73. The lowest BCUT2D eigenvalue weighted by Gasteiger charge is -2.25. The number of pyridine rings is 1. The summed E-state index contributed by atoms with van der Waals surface area (Å²) in [5.41, 5.74) is 1.90. The lowest BCUT2D eigenvalue weighted by molar-refractivity contribution is 0.390. The summed E-state index contributed by atoms with van der Waals surface area (Å²) in [5, 5.41) is 0. The Morgan fingerprint density at radius 1 is 1.05 bits per heavy atom. The average Bonchev–Trinajstić information content (AvgIpc) is 2.61. The Kier molecular flexibility index (Phi) is 5.24. The van der Waals surface area contributed by atoms with Gasteiger partial charge in [0.1, 0.15) is 0 Å². The van der Waals surface area contributed by atoms with Crippen LogP contribution in [0.2, 0.25) is 0 Å². The fourth-order valence-corrected chi connectivity index (χ4v) is 2.84. The first-order valence-corrected chi connectivity index (χ1v) is 8.10. The molecule has 2 atom stereocenters. The monoisotopic (exact) mass is 294 g/mol. The van der Waals surface area contributed by atoms with Crippen molar-refractivity contribution in [1.82, 2.24) is 4.98 Å². The van der Waals surface area contributed by atoms with Crippen LogP contribution in [0.1, 0.15) is 37.8 Å². The van der Waals surface area contributed by atoms with Crippen LogP contribution >= 0.6 is 0 Å². The summed E-state index contributed by atoms with van der Waals surface area (Å²) >= 11 is 0. The fourth-order valence-electron chi connectivity index (χ4n) is 2.84. The molecule has 1 aromatic rings. The number of rotatable bonds is 4. The van der Waals surface area contributed by atoms with Gasteiger partial charge in [0.05, 0.1) is 23.5 Å². The third-order valence-corrected chi connectivity index (χ3v) is 4.06. The highest BCUT2D eigenvalue weighted by Gasteiger charge is 2.23. The molecule has 1 aliphatic heterocycles. The average molecular weight is 294 g/mol. The van der Waals surface area contributed by atoms with E-state index in [4.69, 9.17) is 9.98 Å². The summed E-state index contributed by atoms with van der Waals surface area (Å²) in [6.45, 7) is 0.879. The van der Waals surface area contributed by atoms with Gasteiger partial charge in [-0.05, 0) is 37.5 Å². The maximum atomic E-state index is 4.76. The first kappa shape index (κ1) is 14.8. The number of dihydropyridines is 1. The van der Waals surface area contributed by atoms with Gasteiger partial charge < -0.3 is 0 Å². The van der Waals surface area contributed by atoms with Gasteiger partial charge in [0, 0.05) is 25.2 Å². The van der Waals surface area contributed by atoms with Crippen molar-refractivity contribution in [1.29, 1.82) is 0 Å². The predicted molar refractivity (Wildman–Crippen MR) is 92.4 cm³/mol. The quantitative estimate of drug-likeness (QED) is 0.786. The molecule has 0 unspecified atom stereocenters. The maximum Gasteiger partial charge on any atom is 0.0807 e. The standard InChI is InChI=1S/C18H22N4/c1-2-10-18(22-14-16-8-4-6-12-20-16)17(9-1)21-13-15-7-3-5-11-19-15/h3-5,7-8,11,13-14,17-18H,1-2,6,9-10,12H2/t17-,18-/m0/s1. The molecule has 1 fully saturated rings. The van der Waals surface area contributed by atoms with Gasteiger partial charge in [0.25, 0.3) is 0 Å². The van der Waals surface area contributed by atoms with Crippen LogP contribution in [0.5, 0.6) is 0 Å². The zero-order chi connectivity index (χ0) is 15.0. The van der Waals surface area contributed by atoms with Gasteiger partial charge in [-0.15, -0.1) is 0 Å². The van der Waals surface area contributed by atoms with Gasteiger partial charge >= 0.3 is 0 Å². The molecule has 0 aromatic carbocycles. The lowest BCUT2D eigenvalue weighted by atomic mass is 9.91. The molecule has 114 valence electrons. The highest BCUT2D eigenvalue weighted by Crippen LogP contribution is 2.23. The van der Waals surface area contributed by atoms with Crippen molar-refractivity contribution >= 4 is 18.1 Å². The van der Waals surface area contributed by atoms with Gasteiger partial charge in [-0.2, -0.15) is 0 Å². The van der Waals surface area contributed by atoms with E-state index < -0.39 is 0 Å². The van der Waals surface area contributed by atoms with Crippen LogP contribution in [-0.4, -0.2) is 41.8 Å². The van der Waals surface area contributed by atoms with E-state index in [-0.39, 0.29) is 12.1 Å². The lowest BCUT2D eigenvalue weighted by Crippen LogP contribution is -2.27. The second kappa shape index (κ2) is 7.78. The Morgan fingerprint density at radius 3 is 2.55 bits per heavy atom. The minimum Gasteiger partial charge on any atom is -0.285 e. The van der Waals surface area contributed by atoms with Gasteiger partial charge in [-0.3, -0.25) is 20.0 Å². The number of nitrogens with zero attached hydrogens (tertiary/aromatic N) is 4. The Hall–Kier alpha value is -2.10. The number of allylic oxidation sites excluding steroid dienone is 1. The first-order chi connectivity index (χ1) is 10.9. The molecule has 4 nitrogen and oxygen atoms in total. The SMILES string of the molecule is C1=CC(C=N[C@H]2CCCC[C@@H]2N=Cc2ccccn2)=NCC1. The summed E-state index contributed by atoms with van der Waals surface area (Å²) in [4.78, 5) is 18.3. The van der Waals surface area contributed by atoms with Crippen molar-refractivity contribution in [3.63, 3.8) is 0 Å². The molecule has 0 spiro atoms. The van der Waals surface area contributed by atoms with Crippen molar-refractivity contribution in [3.05, 3.63) is 42.2 Å². The van der Waals surface area contributed by atoms with Crippen LogP contribution in [-0.2, 0) is 0 Å². The Balaban J connectivity index is 1.66. The van der Waals surface area contributed by atoms with E-state index >= 15 is 0 Å². The molecule has 2 aliphatic rings. The molecule has 3 rings (SSSR count). The number of aliphatic imine (C=N–C) groups is 3. The topological polar surface area (TPSA) is 50.0 Å². The minimum absolute atomic E-state index is 0.264. The van der Waals surface area contributed by atoms with E-state index in [9.17, 15) is 0 Å². The highest BCUT2D eigenvalue weighted by atomic mass is 14.9. The third kappa shape index (κ3) is 4.20. The molecule has 1 aliphatic carbocycles. The molecule has 0 bridgehead atoms. The predicted octanol–water partition coefficient (Wildman–Crippen LogP) is 3.28. The Bertz CT molecular complexity index is 586. The molecule has 1 saturated carbocycles. The van der Waals surface area contributed by atoms with Gasteiger partial charge in [-0.1, -0.05) is 25.0 Å². The summed E-state index contributed by atoms with van der Waals surface area (Å²) in [7, 11) is 0. The first-order valence-electron chi connectivity index (χ1n) is 8.10. The van der Waals surface area contributed by atoms with E-state index in [0.717, 1.165) is 37.2 Å². The van der Waals surface area contributed by atoms with E-state index in [1.165, 1.54) is 12.8 Å². The van der Waals surface area contributed by atoms with Crippen molar-refractivity contribution in [2.24, 2.45) is 15.0 Å². The normalized spacial score (nSPS) is 25.7. The summed E-state index contributed by atoms with van der Waals surface area (Å²) in [6.07, 6.45) is 15.5. The van der Waals surface area contributed by atoms with Crippen molar-refractivity contribution in [2.75, 3.05) is 6.54 Å². The van der Waals surface area contributed by atoms with E-state index in [1.54, 1.807) is 6.20 Å². The number of aromatic nitrogens is 1. The van der Waals surface area contributed by atoms with E-state index in [1.807, 2.05) is 30.6 Å². The molecule has 1 aromatic heterocycles. The molecule has 0 saturated heterocycles. The fraction of sp³-hybridized carbons (Fsp3) is 0.444. The van der Waals surface area contributed by atoms with Gasteiger partial charge in [0.2, 0.25) is 0 Å². The summed E-state index contributed by atoms with van der Waals surface area (Å²) in [6, 6.07) is 6.42. The van der Waals surface area contributed by atoms with Crippen LogP contribution in [0, 0.1) is 0 Å². The smallest absolute Gasteiger partial charge is 0.0807 e. The Labute approximate surface area is 131 Å². The van der Waals surface area contributed by atoms with Crippen molar-refractivity contribution < 1.29 is 0 Å². The van der Waals surface area contributed by atoms with Crippen molar-refractivity contribution in [2.45, 2.75) is 44.2 Å². The van der Waals surface area contributed by atoms with Gasteiger partial charge in [-0.25, -0.2) is 0 Å². The third-order valence-electron chi connectivity index (χ3n) is 4.06. The summed E-state index contributed by atoms with van der Waals surface area (Å²) in [5.74, 6) is 0. The molecular formula is C18H22N4. The van der Waals surface area contributed by atoms with E-state index in [2.05, 4.69) is 22.1 Å². The molecule has 0 amide bonds. The molecule has 2 heterocycles.